The molecule has 2 aromatic rings. The number of halogens is 1. The summed E-state index contributed by atoms with van der Waals surface area (Å²) in [6.45, 7) is 1.46. The predicted molar refractivity (Wildman–Crippen MR) is 93.2 cm³/mol. The Bertz CT molecular complexity index is 1050. The lowest BCUT2D eigenvalue weighted by Gasteiger charge is -2.34. The lowest BCUT2D eigenvalue weighted by Crippen LogP contribution is -2.53. The lowest BCUT2D eigenvalue weighted by molar-refractivity contribution is 0.0548. The minimum absolute atomic E-state index is 0.0214. The SMILES string of the molecule is Cc1cc(NS(=O)(=O)c2cccc(S(=O)(=O)N3CC(O)C3)c2)ccc1F. The molecule has 0 atom stereocenters. The molecular formula is C16H17FN2O5S2. The highest BCUT2D eigenvalue weighted by Gasteiger charge is 2.36. The van der Waals surface area contributed by atoms with Crippen LogP contribution in [-0.2, 0) is 20.0 Å². The molecule has 2 N–H and O–H groups in total. The normalized spacial score (nSPS) is 16.3. The third-order valence-electron chi connectivity index (χ3n) is 3.99. The lowest BCUT2D eigenvalue weighted by atomic mass is 10.2. The summed E-state index contributed by atoms with van der Waals surface area (Å²) in [4.78, 5) is -0.413. The van der Waals surface area contributed by atoms with Gasteiger partial charge in [0.25, 0.3) is 10.0 Å². The fraction of sp³-hybridized carbons (Fsp3) is 0.250. The number of hydrogen-bond acceptors (Lipinski definition) is 5. The van der Waals surface area contributed by atoms with Gasteiger partial charge in [-0.15, -0.1) is 0 Å². The molecule has 10 heteroatoms. The molecule has 0 bridgehead atoms. The van der Waals surface area contributed by atoms with Crippen molar-refractivity contribution in [2.45, 2.75) is 22.8 Å². The van der Waals surface area contributed by atoms with Gasteiger partial charge < -0.3 is 5.11 Å². The molecule has 26 heavy (non-hydrogen) atoms. The molecule has 2 aromatic carbocycles. The van der Waals surface area contributed by atoms with Crippen LogP contribution >= 0.6 is 0 Å². The van der Waals surface area contributed by atoms with Crippen molar-refractivity contribution in [1.82, 2.24) is 4.31 Å². The van der Waals surface area contributed by atoms with E-state index in [0.717, 1.165) is 16.4 Å². The van der Waals surface area contributed by atoms with Crippen LogP contribution in [0.1, 0.15) is 5.56 Å². The van der Waals surface area contributed by atoms with Crippen LogP contribution in [0.25, 0.3) is 0 Å². The van der Waals surface area contributed by atoms with Gasteiger partial charge in [-0.1, -0.05) is 6.07 Å². The zero-order valence-corrected chi connectivity index (χ0v) is 15.4. The van der Waals surface area contributed by atoms with Crippen molar-refractivity contribution in [3.63, 3.8) is 0 Å². The number of hydrogen-bond donors (Lipinski definition) is 2. The zero-order valence-electron chi connectivity index (χ0n) is 13.8. The van der Waals surface area contributed by atoms with Gasteiger partial charge in [0.15, 0.2) is 0 Å². The van der Waals surface area contributed by atoms with E-state index in [4.69, 9.17) is 0 Å². The summed E-state index contributed by atoms with van der Waals surface area (Å²) in [5, 5.41) is 9.28. The minimum Gasteiger partial charge on any atom is -0.390 e. The number of β-amino-alcohol motifs (C(OH)–C–C–N with tert-alkyl or cyclic N) is 1. The monoisotopic (exact) mass is 400 g/mol. The minimum atomic E-state index is -4.06. The first kappa shape index (κ1) is 18.8. The molecule has 7 nitrogen and oxygen atoms in total. The van der Waals surface area contributed by atoms with Crippen LogP contribution in [0.15, 0.2) is 52.3 Å². The maximum Gasteiger partial charge on any atom is 0.261 e. The summed E-state index contributed by atoms with van der Waals surface area (Å²) in [7, 11) is -7.93. The number of benzene rings is 2. The fourth-order valence-corrected chi connectivity index (χ4v) is 5.22. The van der Waals surface area contributed by atoms with Gasteiger partial charge >= 0.3 is 0 Å². The highest BCUT2D eigenvalue weighted by atomic mass is 32.2. The molecule has 140 valence electrons. The van der Waals surface area contributed by atoms with Crippen molar-refractivity contribution in [2.24, 2.45) is 0 Å². The van der Waals surface area contributed by atoms with E-state index in [1.807, 2.05) is 0 Å². The van der Waals surface area contributed by atoms with E-state index in [-0.39, 0.29) is 34.1 Å². The Morgan fingerprint density at radius 3 is 2.35 bits per heavy atom. The highest BCUT2D eigenvalue weighted by Crippen LogP contribution is 2.25. The van der Waals surface area contributed by atoms with E-state index < -0.39 is 32.0 Å². The van der Waals surface area contributed by atoms with Gasteiger partial charge in [0.05, 0.1) is 15.9 Å². The average Bonchev–Trinajstić information content (AvgIpc) is 2.55. The Labute approximate surface area is 151 Å². The molecule has 0 aliphatic carbocycles. The zero-order chi connectivity index (χ0) is 19.1. The van der Waals surface area contributed by atoms with Gasteiger partial charge in [0.1, 0.15) is 5.82 Å². The Balaban J connectivity index is 1.90. The Hall–Kier alpha value is -2.01. The first-order valence-corrected chi connectivity index (χ1v) is 10.6. The number of aliphatic hydroxyl groups is 1. The summed E-state index contributed by atoms with van der Waals surface area (Å²) >= 11 is 0. The molecule has 1 heterocycles. The number of nitrogens with one attached hydrogen (secondary N) is 1. The summed E-state index contributed by atoms with van der Waals surface area (Å²) in [6.07, 6.45) is -0.708. The molecule has 0 aromatic heterocycles. The molecule has 3 rings (SSSR count). The maximum atomic E-state index is 13.3. The van der Waals surface area contributed by atoms with Crippen molar-refractivity contribution >= 4 is 25.7 Å². The quantitative estimate of drug-likeness (QED) is 0.787. The molecule has 1 aliphatic rings. The third kappa shape index (κ3) is 3.58. The fourth-order valence-electron chi connectivity index (χ4n) is 2.49. The molecule has 0 spiro atoms. The van der Waals surface area contributed by atoms with Gasteiger partial charge in [0, 0.05) is 18.8 Å². The summed E-state index contributed by atoms with van der Waals surface area (Å²) < 4.78 is 66.6. The second kappa shape index (κ2) is 6.62. The first-order chi connectivity index (χ1) is 12.1. The molecule has 0 unspecified atom stereocenters. The van der Waals surface area contributed by atoms with Gasteiger partial charge in [-0.25, -0.2) is 21.2 Å². The summed E-state index contributed by atoms with van der Waals surface area (Å²) in [5.74, 6) is -0.460. The second-order valence-corrected chi connectivity index (χ2v) is 9.64. The molecule has 1 saturated heterocycles. The largest absolute Gasteiger partial charge is 0.390 e. The van der Waals surface area contributed by atoms with Crippen molar-refractivity contribution in [3.8, 4) is 0 Å². The topological polar surface area (TPSA) is 104 Å². The molecule has 0 amide bonds. The van der Waals surface area contributed by atoms with Crippen LogP contribution in [0.5, 0.6) is 0 Å². The van der Waals surface area contributed by atoms with Crippen LogP contribution in [0.3, 0.4) is 0 Å². The summed E-state index contributed by atoms with van der Waals surface area (Å²) in [5.41, 5.74) is 0.445. The molecule has 1 fully saturated rings. The molecule has 0 radical (unpaired) electrons. The average molecular weight is 400 g/mol. The van der Waals surface area contributed by atoms with Crippen molar-refractivity contribution < 1.29 is 26.3 Å². The first-order valence-electron chi connectivity index (χ1n) is 7.67. The van der Waals surface area contributed by atoms with E-state index in [1.165, 1.54) is 37.3 Å². The molecule has 0 saturated carbocycles. The van der Waals surface area contributed by atoms with E-state index in [0.29, 0.717) is 0 Å². The highest BCUT2D eigenvalue weighted by molar-refractivity contribution is 7.93. The van der Waals surface area contributed by atoms with Gasteiger partial charge in [-0.3, -0.25) is 4.72 Å². The predicted octanol–water partition coefficient (Wildman–Crippen LogP) is 1.30. The Morgan fingerprint density at radius 1 is 1.08 bits per heavy atom. The maximum absolute atomic E-state index is 13.3. The number of anilines is 1. The summed E-state index contributed by atoms with van der Waals surface area (Å²) in [6, 6.07) is 8.70. The smallest absolute Gasteiger partial charge is 0.261 e. The van der Waals surface area contributed by atoms with E-state index >= 15 is 0 Å². The van der Waals surface area contributed by atoms with Crippen molar-refractivity contribution in [3.05, 3.63) is 53.8 Å². The number of aryl methyl sites for hydroxylation is 1. The van der Waals surface area contributed by atoms with E-state index in [2.05, 4.69) is 4.72 Å². The van der Waals surface area contributed by atoms with Crippen LogP contribution in [0.4, 0.5) is 10.1 Å². The third-order valence-corrected chi connectivity index (χ3v) is 7.20. The van der Waals surface area contributed by atoms with E-state index in [9.17, 15) is 26.3 Å². The van der Waals surface area contributed by atoms with E-state index in [1.54, 1.807) is 0 Å². The van der Waals surface area contributed by atoms with Crippen LogP contribution in [0, 0.1) is 12.7 Å². The Morgan fingerprint density at radius 2 is 1.73 bits per heavy atom. The van der Waals surface area contributed by atoms with Gasteiger partial charge in [-0.05, 0) is 48.9 Å². The number of aliphatic hydroxyl groups excluding tert-OH is 1. The number of rotatable bonds is 5. The van der Waals surface area contributed by atoms with Crippen molar-refractivity contribution in [1.29, 1.82) is 0 Å². The number of sulfonamides is 2. The van der Waals surface area contributed by atoms with Crippen LogP contribution in [0.2, 0.25) is 0 Å². The second-order valence-electron chi connectivity index (χ2n) is 6.02. The van der Waals surface area contributed by atoms with Gasteiger partial charge in [0.2, 0.25) is 10.0 Å². The number of nitrogens with zero attached hydrogens (tertiary/aromatic N) is 1. The Kier molecular flexibility index (Phi) is 4.78. The standard InChI is InChI=1S/C16H17FN2O5S2/c1-11-7-12(5-6-16(11)17)18-25(21,22)14-3-2-4-15(8-14)26(23,24)19-9-13(20)10-19/h2-8,13,18,20H,9-10H2,1H3. The van der Waals surface area contributed by atoms with Gasteiger partial charge in [-0.2, -0.15) is 4.31 Å². The van der Waals surface area contributed by atoms with Crippen LogP contribution in [-0.4, -0.2) is 45.4 Å². The molecular weight excluding hydrogens is 383 g/mol. The molecule has 1 aliphatic heterocycles. The van der Waals surface area contributed by atoms with Crippen molar-refractivity contribution in [2.75, 3.05) is 17.8 Å². The van der Waals surface area contributed by atoms with Crippen LogP contribution < -0.4 is 4.72 Å².